The molecule has 1 N–H and O–H groups in total. The van der Waals surface area contributed by atoms with Crippen molar-refractivity contribution in [3.63, 3.8) is 0 Å². The second kappa shape index (κ2) is 6.16. The largest absolute Gasteiger partial charge is 0.313 e. The molecule has 0 fully saturated rings. The van der Waals surface area contributed by atoms with Crippen molar-refractivity contribution < 1.29 is 0 Å². The van der Waals surface area contributed by atoms with Crippen LogP contribution < -0.4 is 5.32 Å². The van der Waals surface area contributed by atoms with Crippen LogP contribution in [-0.4, -0.2) is 26.5 Å². The summed E-state index contributed by atoms with van der Waals surface area (Å²) in [6.45, 7) is 5.89. The van der Waals surface area contributed by atoms with Crippen LogP contribution in [0.15, 0.2) is 24.8 Å². The highest BCUT2D eigenvalue weighted by molar-refractivity contribution is 5.41. The fraction of sp³-hybridized carbons (Fsp3) is 0.385. The van der Waals surface area contributed by atoms with Crippen molar-refractivity contribution in [2.45, 2.75) is 26.8 Å². The molecule has 0 aliphatic heterocycles. The van der Waals surface area contributed by atoms with Crippen molar-refractivity contribution in [1.29, 1.82) is 0 Å². The first-order valence-electron chi connectivity index (χ1n) is 6.10. The third-order valence-electron chi connectivity index (χ3n) is 2.44. The smallest absolute Gasteiger partial charge is 0.197 e. The van der Waals surface area contributed by atoms with Crippen LogP contribution in [-0.2, 0) is 6.54 Å². The van der Waals surface area contributed by atoms with Gasteiger partial charge in [0.15, 0.2) is 11.6 Å². The van der Waals surface area contributed by atoms with Gasteiger partial charge in [-0.2, -0.15) is 0 Å². The molecule has 2 aromatic heterocycles. The van der Waals surface area contributed by atoms with Gasteiger partial charge in [0.2, 0.25) is 0 Å². The lowest BCUT2D eigenvalue weighted by atomic mass is 10.3. The molecule has 0 bridgehead atoms. The van der Waals surface area contributed by atoms with Crippen molar-refractivity contribution in [3.8, 4) is 11.6 Å². The van der Waals surface area contributed by atoms with Crippen LogP contribution in [0.4, 0.5) is 0 Å². The van der Waals surface area contributed by atoms with Gasteiger partial charge in [-0.25, -0.2) is 19.9 Å². The molecule has 94 valence electrons. The lowest BCUT2D eigenvalue weighted by Crippen LogP contribution is -2.14. The van der Waals surface area contributed by atoms with Crippen molar-refractivity contribution in [2.24, 2.45) is 0 Å². The third kappa shape index (κ3) is 3.30. The number of rotatable bonds is 5. The Hall–Kier alpha value is -1.88. The molecular formula is C13H17N5. The highest BCUT2D eigenvalue weighted by Gasteiger charge is 2.03. The van der Waals surface area contributed by atoms with E-state index in [9.17, 15) is 0 Å². The summed E-state index contributed by atoms with van der Waals surface area (Å²) < 4.78 is 0. The number of aryl methyl sites for hydroxylation is 1. The summed E-state index contributed by atoms with van der Waals surface area (Å²) in [5.41, 5.74) is 2.10. The van der Waals surface area contributed by atoms with E-state index in [-0.39, 0.29) is 0 Å². The Morgan fingerprint density at radius 2 is 1.50 bits per heavy atom. The Balaban J connectivity index is 2.05. The normalized spacial score (nSPS) is 10.6. The first-order valence-corrected chi connectivity index (χ1v) is 6.10. The molecule has 0 atom stereocenters. The maximum atomic E-state index is 4.28. The molecule has 0 radical (unpaired) electrons. The van der Waals surface area contributed by atoms with Crippen LogP contribution >= 0.6 is 0 Å². The molecule has 0 aliphatic carbocycles. The lowest BCUT2D eigenvalue weighted by Gasteiger charge is -2.03. The van der Waals surface area contributed by atoms with Gasteiger partial charge >= 0.3 is 0 Å². The molecule has 0 spiro atoms. The van der Waals surface area contributed by atoms with E-state index in [2.05, 4.69) is 32.2 Å². The van der Waals surface area contributed by atoms with E-state index in [0.717, 1.165) is 30.6 Å². The van der Waals surface area contributed by atoms with Gasteiger partial charge in [-0.05, 0) is 25.5 Å². The first-order chi connectivity index (χ1) is 8.79. The zero-order chi connectivity index (χ0) is 12.8. The summed E-state index contributed by atoms with van der Waals surface area (Å²) in [6.07, 6.45) is 8.28. The van der Waals surface area contributed by atoms with Crippen LogP contribution in [0, 0.1) is 6.92 Å². The van der Waals surface area contributed by atoms with Crippen molar-refractivity contribution >= 4 is 0 Å². The van der Waals surface area contributed by atoms with Gasteiger partial charge in [-0.3, -0.25) is 0 Å². The predicted molar refractivity (Wildman–Crippen MR) is 69.8 cm³/mol. The van der Waals surface area contributed by atoms with Crippen LogP contribution in [0.25, 0.3) is 11.6 Å². The maximum absolute atomic E-state index is 4.28. The van der Waals surface area contributed by atoms with Crippen molar-refractivity contribution in [2.75, 3.05) is 6.54 Å². The zero-order valence-electron chi connectivity index (χ0n) is 10.7. The second-order valence-electron chi connectivity index (χ2n) is 4.18. The van der Waals surface area contributed by atoms with E-state index in [1.807, 2.05) is 19.3 Å². The third-order valence-corrected chi connectivity index (χ3v) is 2.44. The minimum atomic E-state index is 0.564. The number of hydrogen-bond acceptors (Lipinski definition) is 5. The van der Waals surface area contributed by atoms with E-state index in [4.69, 9.17) is 0 Å². The fourth-order valence-corrected chi connectivity index (χ4v) is 1.48. The predicted octanol–water partition coefficient (Wildman–Crippen LogP) is 1.74. The van der Waals surface area contributed by atoms with Gasteiger partial charge in [0.1, 0.15) is 0 Å². The SMILES string of the molecule is CCCNCc1cnc(-c2ncc(C)cn2)nc1. The Morgan fingerprint density at radius 1 is 0.944 bits per heavy atom. The average Bonchev–Trinajstić information content (AvgIpc) is 2.41. The highest BCUT2D eigenvalue weighted by atomic mass is 15.0. The second-order valence-corrected chi connectivity index (χ2v) is 4.18. The molecule has 2 heterocycles. The van der Waals surface area contributed by atoms with Gasteiger partial charge in [-0.1, -0.05) is 6.92 Å². The molecule has 5 nitrogen and oxygen atoms in total. The van der Waals surface area contributed by atoms with Gasteiger partial charge in [-0.15, -0.1) is 0 Å². The van der Waals surface area contributed by atoms with Gasteiger partial charge in [0.05, 0.1) is 0 Å². The summed E-state index contributed by atoms with van der Waals surface area (Å²) in [6, 6.07) is 0. The van der Waals surface area contributed by atoms with Crippen LogP contribution in [0.2, 0.25) is 0 Å². The topological polar surface area (TPSA) is 63.6 Å². The molecule has 0 amide bonds. The number of hydrogen-bond donors (Lipinski definition) is 1. The molecular weight excluding hydrogens is 226 g/mol. The van der Waals surface area contributed by atoms with E-state index < -0.39 is 0 Å². The minimum absolute atomic E-state index is 0.564. The van der Waals surface area contributed by atoms with E-state index in [0.29, 0.717) is 11.6 Å². The average molecular weight is 243 g/mol. The molecule has 0 aliphatic rings. The number of nitrogens with one attached hydrogen (secondary N) is 1. The quantitative estimate of drug-likeness (QED) is 0.810. The maximum Gasteiger partial charge on any atom is 0.197 e. The highest BCUT2D eigenvalue weighted by Crippen LogP contribution is 2.08. The molecule has 0 unspecified atom stereocenters. The molecule has 5 heteroatoms. The monoisotopic (exact) mass is 243 g/mol. The van der Waals surface area contributed by atoms with Crippen molar-refractivity contribution in [1.82, 2.24) is 25.3 Å². The van der Waals surface area contributed by atoms with E-state index in [1.165, 1.54) is 0 Å². The molecule has 18 heavy (non-hydrogen) atoms. The van der Waals surface area contributed by atoms with Gasteiger partial charge < -0.3 is 5.32 Å². The molecule has 2 aromatic rings. The Bertz CT molecular complexity index is 478. The Kier molecular flexibility index (Phi) is 4.30. The molecule has 0 aromatic carbocycles. The van der Waals surface area contributed by atoms with Crippen LogP contribution in [0.3, 0.4) is 0 Å². The number of aromatic nitrogens is 4. The van der Waals surface area contributed by atoms with Crippen molar-refractivity contribution in [3.05, 3.63) is 35.9 Å². The fourth-order valence-electron chi connectivity index (χ4n) is 1.48. The summed E-state index contributed by atoms with van der Waals surface area (Å²) in [5, 5.41) is 3.31. The lowest BCUT2D eigenvalue weighted by molar-refractivity contribution is 0.672. The molecule has 0 saturated heterocycles. The number of nitrogens with zero attached hydrogens (tertiary/aromatic N) is 4. The van der Waals surface area contributed by atoms with E-state index >= 15 is 0 Å². The van der Waals surface area contributed by atoms with Gasteiger partial charge in [0, 0.05) is 36.9 Å². The van der Waals surface area contributed by atoms with Gasteiger partial charge in [0.25, 0.3) is 0 Å². The summed E-state index contributed by atoms with van der Waals surface area (Å²) in [5.74, 6) is 1.13. The zero-order valence-corrected chi connectivity index (χ0v) is 10.7. The van der Waals surface area contributed by atoms with Crippen LogP contribution in [0.5, 0.6) is 0 Å². The summed E-state index contributed by atoms with van der Waals surface area (Å²) >= 11 is 0. The Morgan fingerprint density at radius 3 is 2.06 bits per heavy atom. The first kappa shape index (κ1) is 12.6. The molecule has 0 saturated carbocycles. The van der Waals surface area contributed by atoms with Crippen LogP contribution in [0.1, 0.15) is 24.5 Å². The van der Waals surface area contributed by atoms with E-state index in [1.54, 1.807) is 12.4 Å². The molecule has 2 rings (SSSR count). The minimum Gasteiger partial charge on any atom is -0.313 e. The summed E-state index contributed by atoms with van der Waals surface area (Å²) in [7, 11) is 0. The summed E-state index contributed by atoms with van der Waals surface area (Å²) in [4.78, 5) is 17.0. The Labute approximate surface area is 107 Å². The standard InChI is InChI=1S/C13H17N5/c1-3-4-14-7-11-8-17-13(18-9-11)12-15-5-10(2)6-16-12/h5-6,8-9,14H,3-4,7H2,1-2H3.